The quantitative estimate of drug-likeness (QED) is 0.567. The number of ether oxygens (including phenoxy) is 1. The standard InChI is InChI=1S/C17H29FN4O/c1-6-19-17(21-13(2)12-23-5)20-11-16(22(3)4)14-7-9-15(18)10-8-14/h7-10,13,16H,6,11-12H2,1-5H3,(H2,19,20,21). The molecule has 2 unspecified atom stereocenters. The van der Waals surface area contributed by atoms with Crippen molar-refractivity contribution in [3.05, 3.63) is 35.6 Å². The lowest BCUT2D eigenvalue weighted by atomic mass is 10.1. The molecule has 0 aromatic heterocycles. The van der Waals surface area contributed by atoms with E-state index in [0.29, 0.717) is 13.2 Å². The predicted molar refractivity (Wildman–Crippen MR) is 93.3 cm³/mol. The summed E-state index contributed by atoms with van der Waals surface area (Å²) in [6.07, 6.45) is 0. The third-order valence-corrected chi connectivity index (χ3v) is 3.44. The SMILES string of the molecule is CCNC(=NCC(c1ccc(F)cc1)N(C)C)NC(C)COC. The number of halogens is 1. The van der Waals surface area contributed by atoms with Crippen LogP contribution in [0.3, 0.4) is 0 Å². The van der Waals surface area contributed by atoms with Crippen LogP contribution in [0, 0.1) is 5.82 Å². The topological polar surface area (TPSA) is 48.9 Å². The maximum Gasteiger partial charge on any atom is 0.191 e. The molecule has 0 spiro atoms. The molecule has 1 aromatic carbocycles. The largest absolute Gasteiger partial charge is 0.383 e. The highest BCUT2D eigenvalue weighted by Crippen LogP contribution is 2.18. The Bertz CT molecular complexity index is 476. The Labute approximate surface area is 138 Å². The lowest BCUT2D eigenvalue weighted by Gasteiger charge is -2.24. The average molecular weight is 324 g/mol. The second-order valence-corrected chi connectivity index (χ2v) is 5.75. The Morgan fingerprint density at radius 2 is 1.96 bits per heavy atom. The lowest BCUT2D eigenvalue weighted by molar-refractivity contribution is 0.179. The summed E-state index contributed by atoms with van der Waals surface area (Å²) in [6, 6.07) is 6.84. The lowest BCUT2D eigenvalue weighted by Crippen LogP contribution is -2.44. The van der Waals surface area contributed by atoms with Crippen LogP contribution in [0.2, 0.25) is 0 Å². The van der Waals surface area contributed by atoms with Crippen molar-refractivity contribution in [2.45, 2.75) is 25.9 Å². The Balaban J connectivity index is 2.81. The number of nitrogens with zero attached hydrogens (tertiary/aromatic N) is 2. The van der Waals surface area contributed by atoms with Gasteiger partial charge in [0.15, 0.2) is 5.96 Å². The maximum absolute atomic E-state index is 13.1. The van der Waals surface area contributed by atoms with E-state index in [2.05, 4.69) is 20.5 Å². The molecule has 0 aliphatic heterocycles. The van der Waals surface area contributed by atoms with E-state index >= 15 is 0 Å². The van der Waals surface area contributed by atoms with E-state index in [1.165, 1.54) is 12.1 Å². The van der Waals surface area contributed by atoms with E-state index in [1.54, 1.807) is 7.11 Å². The molecule has 0 aliphatic carbocycles. The Kier molecular flexibility index (Phi) is 8.58. The number of guanidine groups is 1. The molecule has 130 valence electrons. The van der Waals surface area contributed by atoms with Gasteiger partial charge in [-0.1, -0.05) is 12.1 Å². The van der Waals surface area contributed by atoms with Crippen LogP contribution in [0.1, 0.15) is 25.5 Å². The van der Waals surface area contributed by atoms with Gasteiger partial charge in [0.2, 0.25) is 0 Å². The maximum atomic E-state index is 13.1. The molecule has 5 nitrogen and oxygen atoms in total. The zero-order chi connectivity index (χ0) is 17.2. The van der Waals surface area contributed by atoms with Gasteiger partial charge >= 0.3 is 0 Å². The van der Waals surface area contributed by atoms with E-state index in [4.69, 9.17) is 4.74 Å². The minimum absolute atomic E-state index is 0.0868. The number of rotatable bonds is 8. The van der Waals surface area contributed by atoms with Crippen LogP contribution in [0.5, 0.6) is 0 Å². The van der Waals surface area contributed by atoms with Crippen LogP contribution in [0.15, 0.2) is 29.3 Å². The highest BCUT2D eigenvalue weighted by atomic mass is 19.1. The van der Waals surface area contributed by atoms with Gasteiger partial charge in [0, 0.05) is 19.7 Å². The summed E-state index contributed by atoms with van der Waals surface area (Å²) in [5, 5.41) is 6.54. The summed E-state index contributed by atoms with van der Waals surface area (Å²) in [7, 11) is 5.67. The molecule has 0 heterocycles. The van der Waals surface area contributed by atoms with Gasteiger partial charge in [-0.05, 0) is 45.6 Å². The molecule has 1 rings (SSSR count). The molecule has 6 heteroatoms. The van der Waals surface area contributed by atoms with Crippen molar-refractivity contribution >= 4 is 5.96 Å². The minimum Gasteiger partial charge on any atom is -0.383 e. The van der Waals surface area contributed by atoms with E-state index in [-0.39, 0.29) is 17.9 Å². The summed E-state index contributed by atoms with van der Waals surface area (Å²) in [5.41, 5.74) is 1.04. The van der Waals surface area contributed by atoms with Gasteiger partial charge in [0.05, 0.1) is 19.2 Å². The molecule has 2 atom stereocenters. The number of benzene rings is 1. The second-order valence-electron chi connectivity index (χ2n) is 5.75. The number of nitrogens with one attached hydrogen (secondary N) is 2. The number of likely N-dealkylation sites (N-methyl/N-ethyl adjacent to an activating group) is 1. The van der Waals surface area contributed by atoms with Gasteiger partial charge in [-0.25, -0.2) is 4.39 Å². The molecule has 0 saturated carbocycles. The van der Waals surface area contributed by atoms with Crippen molar-refractivity contribution in [2.24, 2.45) is 4.99 Å². The van der Waals surface area contributed by atoms with Crippen LogP contribution < -0.4 is 10.6 Å². The number of hydrogen-bond donors (Lipinski definition) is 2. The van der Waals surface area contributed by atoms with Crippen LogP contribution in [0.4, 0.5) is 4.39 Å². The molecule has 0 amide bonds. The molecular formula is C17H29FN4O. The molecule has 0 radical (unpaired) electrons. The van der Waals surface area contributed by atoms with Crippen molar-refractivity contribution in [2.75, 3.05) is 40.9 Å². The fourth-order valence-electron chi connectivity index (χ4n) is 2.27. The summed E-state index contributed by atoms with van der Waals surface area (Å²) in [4.78, 5) is 6.74. The smallest absolute Gasteiger partial charge is 0.191 e. The average Bonchev–Trinajstić information content (AvgIpc) is 2.49. The predicted octanol–water partition coefficient (Wildman–Crippen LogP) is 2.02. The molecule has 0 saturated heterocycles. The fourth-order valence-corrected chi connectivity index (χ4v) is 2.27. The molecule has 0 bridgehead atoms. The number of aliphatic imine (C=N–C) groups is 1. The van der Waals surface area contributed by atoms with Crippen LogP contribution in [-0.2, 0) is 4.74 Å². The molecule has 1 aromatic rings. The summed E-state index contributed by atoms with van der Waals surface area (Å²) < 4.78 is 18.2. The molecule has 0 fully saturated rings. The van der Waals surface area contributed by atoms with Gasteiger partial charge in [0.1, 0.15) is 5.82 Å². The summed E-state index contributed by atoms with van der Waals surface area (Å²) in [6.45, 7) is 6.04. The summed E-state index contributed by atoms with van der Waals surface area (Å²) in [5.74, 6) is 0.532. The highest BCUT2D eigenvalue weighted by molar-refractivity contribution is 5.80. The highest BCUT2D eigenvalue weighted by Gasteiger charge is 2.14. The Morgan fingerprint density at radius 3 is 2.48 bits per heavy atom. The second kappa shape index (κ2) is 10.2. The van der Waals surface area contributed by atoms with E-state index < -0.39 is 0 Å². The van der Waals surface area contributed by atoms with Crippen molar-refractivity contribution in [1.29, 1.82) is 0 Å². The van der Waals surface area contributed by atoms with Gasteiger partial charge in [-0.2, -0.15) is 0 Å². The van der Waals surface area contributed by atoms with Crippen LogP contribution in [0.25, 0.3) is 0 Å². The zero-order valence-electron chi connectivity index (χ0n) is 14.8. The van der Waals surface area contributed by atoms with E-state index in [0.717, 1.165) is 18.1 Å². The molecular weight excluding hydrogens is 295 g/mol. The zero-order valence-corrected chi connectivity index (χ0v) is 14.8. The first kappa shape index (κ1) is 19.4. The molecule has 2 N–H and O–H groups in total. The van der Waals surface area contributed by atoms with Crippen molar-refractivity contribution in [3.8, 4) is 0 Å². The summed E-state index contributed by atoms with van der Waals surface area (Å²) >= 11 is 0. The normalized spacial score (nSPS) is 14.7. The molecule has 0 aliphatic rings. The number of methoxy groups -OCH3 is 1. The Morgan fingerprint density at radius 1 is 1.30 bits per heavy atom. The fraction of sp³-hybridized carbons (Fsp3) is 0.588. The monoisotopic (exact) mass is 324 g/mol. The molecule has 23 heavy (non-hydrogen) atoms. The van der Waals surface area contributed by atoms with Crippen molar-refractivity contribution < 1.29 is 9.13 Å². The number of hydrogen-bond acceptors (Lipinski definition) is 3. The first-order chi connectivity index (χ1) is 11.0. The first-order valence-corrected chi connectivity index (χ1v) is 7.93. The third-order valence-electron chi connectivity index (χ3n) is 3.44. The van der Waals surface area contributed by atoms with Crippen molar-refractivity contribution in [1.82, 2.24) is 15.5 Å². The van der Waals surface area contributed by atoms with E-state index in [1.807, 2.05) is 40.1 Å². The van der Waals surface area contributed by atoms with Gasteiger partial charge in [-0.15, -0.1) is 0 Å². The van der Waals surface area contributed by atoms with Gasteiger partial charge in [0.25, 0.3) is 0 Å². The van der Waals surface area contributed by atoms with Crippen LogP contribution in [-0.4, -0.2) is 57.8 Å². The van der Waals surface area contributed by atoms with Gasteiger partial charge < -0.3 is 20.3 Å². The minimum atomic E-state index is -0.224. The van der Waals surface area contributed by atoms with Crippen molar-refractivity contribution in [3.63, 3.8) is 0 Å². The Hall–Kier alpha value is -1.66. The van der Waals surface area contributed by atoms with Crippen LogP contribution >= 0.6 is 0 Å². The first-order valence-electron chi connectivity index (χ1n) is 7.93. The third kappa shape index (κ3) is 6.97. The van der Waals surface area contributed by atoms with Gasteiger partial charge in [-0.3, -0.25) is 4.99 Å². The van der Waals surface area contributed by atoms with E-state index in [9.17, 15) is 4.39 Å².